The lowest BCUT2D eigenvalue weighted by Crippen LogP contribution is -2.19. The molecule has 1 aliphatic rings. The van der Waals surface area contributed by atoms with Gasteiger partial charge in [0.25, 0.3) is 0 Å². The molecule has 0 unspecified atom stereocenters. The summed E-state index contributed by atoms with van der Waals surface area (Å²) in [5.74, 6) is 0.770. The molecule has 0 radical (unpaired) electrons. The van der Waals surface area contributed by atoms with E-state index in [1.807, 2.05) is 13.2 Å². The molecule has 0 atom stereocenters. The Hall–Kier alpha value is -1.09. The molecule has 0 saturated heterocycles. The van der Waals surface area contributed by atoms with Crippen LogP contribution in [-0.2, 0) is 6.54 Å². The zero-order valence-electron chi connectivity index (χ0n) is 12.4. The Morgan fingerprint density at radius 1 is 1.42 bits per heavy atom. The van der Waals surface area contributed by atoms with Gasteiger partial charge in [-0.05, 0) is 44.4 Å². The van der Waals surface area contributed by atoms with Crippen molar-refractivity contribution in [2.24, 2.45) is 5.92 Å². The molecule has 106 valence electrons. The Morgan fingerprint density at radius 2 is 2.21 bits per heavy atom. The Bertz CT molecular complexity index is 400. The third-order valence-corrected chi connectivity index (χ3v) is 4.03. The van der Waals surface area contributed by atoms with Crippen molar-refractivity contribution >= 4 is 6.08 Å². The molecule has 1 saturated carbocycles. The maximum absolute atomic E-state index is 4.42. The fourth-order valence-electron chi connectivity index (χ4n) is 3.04. The van der Waals surface area contributed by atoms with Crippen LogP contribution in [0.15, 0.2) is 17.8 Å². The third kappa shape index (κ3) is 3.93. The van der Waals surface area contributed by atoms with Crippen LogP contribution in [0.1, 0.15) is 51.1 Å². The van der Waals surface area contributed by atoms with Gasteiger partial charge >= 0.3 is 0 Å². The van der Waals surface area contributed by atoms with Crippen molar-refractivity contribution in [1.29, 1.82) is 0 Å². The van der Waals surface area contributed by atoms with Gasteiger partial charge in [-0.25, -0.2) is 0 Å². The van der Waals surface area contributed by atoms with E-state index in [4.69, 9.17) is 0 Å². The fraction of sp³-hybridized carbons (Fsp3) is 0.688. The van der Waals surface area contributed by atoms with Crippen LogP contribution in [-0.4, -0.2) is 23.4 Å². The Balaban J connectivity index is 2.16. The number of nitrogens with one attached hydrogen (secondary N) is 1. The second-order valence-electron chi connectivity index (χ2n) is 5.56. The van der Waals surface area contributed by atoms with Gasteiger partial charge < -0.3 is 5.32 Å². The predicted molar refractivity (Wildman–Crippen MR) is 81.0 cm³/mol. The molecule has 1 N–H and O–H groups in total. The van der Waals surface area contributed by atoms with Gasteiger partial charge in [0.15, 0.2) is 0 Å². The zero-order valence-corrected chi connectivity index (χ0v) is 12.4. The molecule has 1 heterocycles. The zero-order chi connectivity index (χ0) is 13.5. The average Bonchev–Trinajstić information content (AvgIpc) is 2.87. The first-order valence-electron chi connectivity index (χ1n) is 7.72. The van der Waals surface area contributed by atoms with Gasteiger partial charge in [-0.1, -0.05) is 31.8 Å². The Labute approximate surface area is 117 Å². The monoisotopic (exact) mass is 261 g/mol. The number of hydrogen-bond acceptors (Lipinski definition) is 2. The largest absolute Gasteiger partial charge is 0.316 e. The van der Waals surface area contributed by atoms with Crippen LogP contribution < -0.4 is 5.32 Å². The highest BCUT2D eigenvalue weighted by atomic mass is 15.3. The molecule has 1 aromatic heterocycles. The molecule has 19 heavy (non-hydrogen) atoms. The summed E-state index contributed by atoms with van der Waals surface area (Å²) in [4.78, 5) is 0. The van der Waals surface area contributed by atoms with Crippen molar-refractivity contribution < 1.29 is 0 Å². The van der Waals surface area contributed by atoms with Crippen molar-refractivity contribution in [3.05, 3.63) is 23.5 Å². The summed E-state index contributed by atoms with van der Waals surface area (Å²) in [5.41, 5.74) is 2.82. The topological polar surface area (TPSA) is 29.9 Å². The minimum Gasteiger partial charge on any atom is -0.316 e. The van der Waals surface area contributed by atoms with E-state index in [9.17, 15) is 0 Å². The molecule has 1 aromatic rings. The molecular weight excluding hydrogens is 234 g/mol. The molecular formula is C16H27N3. The third-order valence-electron chi connectivity index (χ3n) is 4.03. The van der Waals surface area contributed by atoms with Crippen LogP contribution in [0.5, 0.6) is 0 Å². The second kappa shape index (κ2) is 7.49. The van der Waals surface area contributed by atoms with Crippen LogP contribution in [0, 0.1) is 5.92 Å². The summed E-state index contributed by atoms with van der Waals surface area (Å²) < 4.78 is 2.12. The van der Waals surface area contributed by atoms with Gasteiger partial charge in [-0.2, -0.15) is 5.10 Å². The Kier molecular flexibility index (Phi) is 5.64. The molecule has 0 bridgehead atoms. The number of nitrogens with zero attached hydrogens (tertiary/aromatic N) is 2. The molecule has 0 amide bonds. The molecule has 0 spiro atoms. The number of likely N-dealkylation sites (N-methyl/N-ethyl adjacent to an activating group) is 1. The first-order chi connectivity index (χ1) is 9.35. The van der Waals surface area contributed by atoms with E-state index in [-0.39, 0.29) is 0 Å². The van der Waals surface area contributed by atoms with E-state index in [2.05, 4.69) is 34.2 Å². The lowest BCUT2D eigenvalue weighted by Gasteiger charge is -2.24. The number of aryl methyl sites for hydroxylation is 1. The first-order valence-corrected chi connectivity index (χ1v) is 7.72. The van der Waals surface area contributed by atoms with Crippen LogP contribution in [0.4, 0.5) is 0 Å². The summed E-state index contributed by atoms with van der Waals surface area (Å²) in [5, 5.41) is 7.75. The normalized spacial score (nSPS) is 17.9. The van der Waals surface area contributed by atoms with Crippen molar-refractivity contribution in [3.63, 3.8) is 0 Å². The van der Waals surface area contributed by atoms with Crippen LogP contribution >= 0.6 is 0 Å². The van der Waals surface area contributed by atoms with Gasteiger partial charge in [0.1, 0.15) is 0 Å². The molecule has 3 nitrogen and oxygen atoms in total. The minimum atomic E-state index is 0.770. The highest BCUT2D eigenvalue weighted by Gasteiger charge is 2.17. The maximum atomic E-state index is 4.42. The summed E-state index contributed by atoms with van der Waals surface area (Å²) in [6.45, 7) is 4.21. The van der Waals surface area contributed by atoms with Gasteiger partial charge in [-0.15, -0.1) is 0 Å². The van der Waals surface area contributed by atoms with Crippen molar-refractivity contribution in [2.45, 2.75) is 52.0 Å². The van der Waals surface area contributed by atoms with E-state index in [0.717, 1.165) is 25.4 Å². The average molecular weight is 261 g/mol. The molecule has 1 fully saturated rings. The van der Waals surface area contributed by atoms with Crippen molar-refractivity contribution in [1.82, 2.24) is 15.1 Å². The fourth-order valence-corrected chi connectivity index (χ4v) is 3.04. The molecule has 2 rings (SSSR count). The lowest BCUT2D eigenvalue weighted by atomic mass is 9.83. The molecule has 1 aliphatic carbocycles. The lowest BCUT2D eigenvalue weighted by molar-refractivity contribution is 0.398. The van der Waals surface area contributed by atoms with E-state index in [1.54, 1.807) is 5.57 Å². The summed E-state index contributed by atoms with van der Waals surface area (Å²) in [6.07, 6.45) is 12.3. The SMILES string of the molecule is CCCn1nccc1/C=C(/CNC)C1CCCCC1. The molecule has 0 aromatic carbocycles. The Morgan fingerprint density at radius 3 is 2.89 bits per heavy atom. The highest BCUT2D eigenvalue weighted by molar-refractivity contribution is 5.50. The number of rotatable bonds is 6. The summed E-state index contributed by atoms with van der Waals surface area (Å²) in [6, 6.07) is 2.13. The quantitative estimate of drug-likeness (QED) is 0.849. The van der Waals surface area contributed by atoms with Crippen LogP contribution in [0.25, 0.3) is 6.08 Å². The summed E-state index contributed by atoms with van der Waals surface area (Å²) in [7, 11) is 2.04. The standard InChI is InChI=1S/C16H27N3/c1-3-11-19-16(9-10-18-19)12-15(13-17-2)14-7-5-4-6-8-14/h9-10,12,14,17H,3-8,11,13H2,1-2H3/b15-12-. The van der Waals surface area contributed by atoms with Crippen molar-refractivity contribution in [3.8, 4) is 0 Å². The van der Waals surface area contributed by atoms with E-state index in [1.165, 1.54) is 37.8 Å². The highest BCUT2D eigenvalue weighted by Crippen LogP contribution is 2.30. The van der Waals surface area contributed by atoms with E-state index in [0.29, 0.717) is 0 Å². The number of hydrogen-bond donors (Lipinski definition) is 1. The van der Waals surface area contributed by atoms with Gasteiger partial charge in [-0.3, -0.25) is 4.68 Å². The van der Waals surface area contributed by atoms with Crippen LogP contribution in [0.2, 0.25) is 0 Å². The summed E-state index contributed by atoms with van der Waals surface area (Å²) >= 11 is 0. The smallest absolute Gasteiger partial charge is 0.0610 e. The van der Waals surface area contributed by atoms with Crippen LogP contribution in [0.3, 0.4) is 0 Å². The maximum Gasteiger partial charge on any atom is 0.0610 e. The predicted octanol–water partition coefficient (Wildman–Crippen LogP) is 3.48. The van der Waals surface area contributed by atoms with E-state index >= 15 is 0 Å². The van der Waals surface area contributed by atoms with Gasteiger partial charge in [0, 0.05) is 19.3 Å². The van der Waals surface area contributed by atoms with Gasteiger partial charge in [0.2, 0.25) is 0 Å². The van der Waals surface area contributed by atoms with Gasteiger partial charge in [0.05, 0.1) is 5.69 Å². The molecule has 0 aliphatic heterocycles. The van der Waals surface area contributed by atoms with Crippen molar-refractivity contribution in [2.75, 3.05) is 13.6 Å². The minimum absolute atomic E-state index is 0.770. The molecule has 3 heteroatoms. The van der Waals surface area contributed by atoms with E-state index < -0.39 is 0 Å². The first kappa shape index (κ1) is 14.3. The number of aromatic nitrogens is 2. The second-order valence-corrected chi connectivity index (χ2v) is 5.56.